The number of nitrogens with zero attached hydrogens (tertiary/aromatic N) is 5. The third kappa shape index (κ3) is 6.62. The average Bonchev–Trinajstić information content (AvgIpc) is 3.24. The Bertz CT molecular complexity index is 887. The van der Waals surface area contributed by atoms with Crippen molar-refractivity contribution < 1.29 is 18.0 Å². The van der Waals surface area contributed by atoms with Crippen LogP contribution in [0.3, 0.4) is 0 Å². The number of piperazine rings is 1. The Morgan fingerprint density at radius 2 is 1.97 bits per heavy atom. The Balaban J connectivity index is 0.00000320. The van der Waals surface area contributed by atoms with E-state index in [9.17, 15) is 13.5 Å². The number of aliphatic hydroxyl groups is 1. The van der Waals surface area contributed by atoms with E-state index in [1.54, 1.807) is 30.6 Å². The third-order valence-corrected chi connectivity index (χ3v) is 6.41. The van der Waals surface area contributed by atoms with E-state index in [0.29, 0.717) is 44.4 Å². The molecule has 1 saturated heterocycles. The van der Waals surface area contributed by atoms with E-state index < -0.39 is 16.1 Å². The summed E-state index contributed by atoms with van der Waals surface area (Å²) in [5.74, 6) is 0.490. The molecule has 1 fully saturated rings. The Morgan fingerprint density at radius 3 is 2.57 bits per heavy atom. The van der Waals surface area contributed by atoms with Crippen LogP contribution in [0.2, 0.25) is 0 Å². The molecule has 1 atom stereocenters. The highest BCUT2D eigenvalue weighted by molar-refractivity contribution is 14.0. The van der Waals surface area contributed by atoms with Crippen LogP contribution in [0.15, 0.2) is 46.4 Å². The fraction of sp³-hybridized carbons (Fsp3) is 0.500. The minimum absolute atomic E-state index is 0. The quantitative estimate of drug-likeness (QED) is 0.295. The van der Waals surface area contributed by atoms with Crippen LogP contribution in [0.1, 0.15) is 24.3 Å². The molecule has 12 heteroatoms. The van der Waals surface area contributed by atoms with Crippen molar-refractivity contribution in [3.63, 3.8) is 0 Å². The average molecular weight is 550 g/mol. The first-order valence-electron chi connectivity index (χ1n) is 9.48. The number of halogens is 1. The van der Waals surface area contributed by atoms with Crippen molar-refractivity contribution in [2.75, 3.05) is 39.3 Å². The smallest absolute Gasteiger partial charge is 0.220 e. The summed E-state index contributed by atoms with van der Waals surface area (Å²) in [5.41, 5.74) is 1.15. The minimum Gasteiger partial charge on any atom is -0.386 e. The molecule has 0 amide bonds. The molecule has 30 heavy (non-hydrogen) atoms. The van der Waals surface area contributed by atoms with Gasteiger partial charge in [-0.3, -0.25) is 9.98 Å². The lowest BCUT2D eigenvalue weighted by Gasteiger charge is -2.35. The first-order chi connectivity index (χ1) is 14.0. The van der Waals surface area contributed by atoms with Crippen molar-refractivity contribution in [1.29, 1.82) is 0 Å². The lowest BCUT2D eigenvalue weighted by atomic mass is 10.1. The van der Waals surface area contributed by atoms with Crippen molar-refractivity contribution in [2.45, 2.75) is 18.8 Å². The Morgan fingerprint density at radius 1 is 1.27 bits per heavy atom. The SMILES string of the molecule is CCNC(=NCC(O)c1ccncc1)N1CCN(S(=O)(=O)Cc2ccon2)CC1.I. The molecule has 0 aliphatic carbocycles. The number of nitrogens with one attached hydrogen (secondary N) is 1. The highest BCUT2D eigenvalue weighted by Gasteiger charge is 2.29. The van der Waals surface area contributed by atoms with Gasteiger partial charge in [0.15, 0.2) is 5.96 Å². The molecule has 2 N–H and O–H groups in total. The number of sulfonamides is 1. The largest absolute Gasteiger partial charge is 0.386 e. The fourth-order valence-electron chi connectivity index (χ4n) is 3.06. The molecule has 1 unspecified atom stereocenters. The van der Waals surface area contributed by atoms with Crippen LogP contribution >= 0.6 is 24.0 Å². The first-order valence-corrected chi connectivity index (χ1v) is 11.1. The normalized spacial score (nSPS) is 16.7. The Kier molecular flexibility index (Phi) is 9.45. The molecule has 1 aliphatic rings. The van der Waals surface area contributed by atoms with Crippen LogP contribution in [0.5, 0.6) is 0 Å². The summed E-state index contributed by atoms with van der Waals surface area (Å²) < 4.78 is 31.3. The van der Waals surface area contributed by atoms with Crippen molar-refractivity contribution in [1.82, 2.24) is 24.7 Å². The van der Waals surface area contributed by atoms with Gasteiger partial charge < -0.3 is 19.8 Å². The van der Waals surface area contributed by atoms with Crippen LogP contribution in [0.4, 0.5) is 0 Å². The van der Waals surface area contributed by atoms with Crippen LogP contribution < -0.4 is 5.32 Å². The van der Waals surface area contributed by atoms with Gasteiger partial charge in [0.2, 0.25) is 10.0 Å². The lowest BCUT2D eigenvalue weighted by molar-refractivity contribution is 0.186. The molecule has 0 bridgehead atoms. The predicted molar refractivity (Wildman–Crippen MR) is 123 cm³/mol. The van der Waals surface area contributed by atoms with Gasteiger partial charge in [0.05, 0.1) is 18.3 Å². The molecule has 1 aliphatic heterocycles. The number of hydrogen-bond donors (Lipinski definition) is 2. The lowest BCUT2D eigenvalue weighted by Crippen LogP contribution is -2.54. The van der Waals surface area contributed by atoms with Crippen molar-refractivity contribution in [2.24, 2.45) is 4.99 Å². The Hall–Kier alpha value is -1.77. The Labute approximate surface area is 193 Å². The molecule has 166 valence electrons. The molecule has 3 rings (SSSR count). The molecule has 0 radical (unpaired) electrons. The summed E-state index contributed by atoms with van der Waals surface area (Å²) in [6.45, 7) is 4.58. The molecule has 10 nitrogen and oxygen atoms in total. The maximum Gasteiger partial charge on any atom is 0.220 e. The number of hydrogen-bond acceptors (Lipinski definition) is 7. The highest BCUT2D eigenvalue weighted by atomic mass is 127. The molecule has 2 aromatic heterocycles. The predicted octanol–water partition coefficient (Wildman–Crippen LogP) is 0.834. The van der Waals surface area contributed by atoms with Crippen LogP contribution in [-0.4, -0.2) is 78.1 Å². The second-order valence-corrected chi connectivity index (χ2v) is 8.59. The first kappa shape index (κ1) is 24.5. The second kappa shape index (κ2) is 11.6. The van der Waals surface area contributed by atoms with Crippen LogP contribution in [0.25, 0.3) is 0 Å². The van der Waals surface area contributed by atoms with Crippen molar-refractivity contribution in [3.05, 3.63) is 48.1 Å². The van der Waals surface area contributed by atoms with Gasteiger partial charge in [-0.2, -0.15) is 4.31 Å². The van der Waals surface area contributed by atoms with Crippen molar-refractivity contribution >= 4 is 40.0 Å². The summed E-state index contributed by atoms with van der Waals surface area (Å²) in [7, 11) is -3.45. The zero-order chi connectivity index (χ0) is 20.7. The third-order valence-electron chi connectivity index (χ3n) is 4.59. The number of aromatic nitrogens is 2. The van der Waals surface area contributed by atoms with Gasteiger partial charge in [-0.1, -0.05) is 5.16 Å². The zero-order valence-corrected chi connectivity index (χ0v) is 19.9. The van der Waals surface area contributed by atoms with E-state index in [1.807, 2.05) is 11.8 Å². The van der Waals surface area contributed by atoms with Gasteiger partial charge in [-0.15, -0.1) is 24.0 Å². The summed E-state index contributed by atoms with van der Waals surface area (Å²) in [4.78, 5) is 10.5. The van der Waals surface area contributed by atoms with E-state index in [-0.39, 0.29) is 36.3 Å². The summed E-state index contributed by atoms with van der Waals surface area (Å²) >= 11 is 0. The van der Waals surface area contributed by atoms with Crippen molar-refractivity contribution in [3.8, 4) is 0 Å². The zero-order valence-electron chi connectivity index (χ0n) is 16.7. The number of pyridine rings is 1. The molecule has 0 spiro atoms. The van der Waals surface area contributed by atoms with E-state index in [4.69, 9.17) is 4.52 Å². The highest BCUT2D eigenvalue weighted by Crippen LogP contribution is 2.14. The molecule has 2 aromatic rings. The van der Waals surface area contributed by atoms with Gasteiger partial charge in [0.1, 0.15) is 12.0 Å². The molecule has 0 aromatic carbocycles. The summed E-state index contributed by atoms with van der Waals surface area (Å²) in [6, 6.07) is 5.06. The molecular weight excluding hydrogens is 523 g/mol. The summed E-state index contributed by atoms with van der Waals surface area (Å²) in [6.07, 6.45) is 3.90. The second-order valence-electron chi connectivity index (χ2n) is 6.62. The maximum atomic E-state index is 12.6. The minimum atomic E-state index is -3.45. The molecule has 3 heterocycles. The van der Waals surface area contributed by atoms with E-state index in [2.05, 4.69) is 20.4 Å². The van der Waals surface area contributed by atoms with E-state index >= 15 is 0 Å². The monoisotopic (exact) mass is 550 g/mol. The van der Waals surface area contributed by atoms with Gasteiger partial charge in [-0.25, -0.2) is 8.42 Å². The number of guanidine groups is 1. The number of rotatable bonds is 7. The van der Waals surface area contributed by atoms with E-state index in [0.717, 1.165) is 5.56 Å². The molecular formula is C18H27IN6O4S. The van der Waals surface area contributed by atoms with Gasteiger partial charge in [0.25, 0.3) is 0 Å². The van der Waals surface area contributed by atoms with Crippen LogP contribution in [-0.2, 0) is 15.8 Å². The van der Waals surface area contributed by atoms with Crippen LogP contribution in [0, 0.1) is 0 Å². The fourth-order valence-corrected chi connectivity index (χ4v) is 4.48. The molecule has 0 saturated carbocycles. The van der Waals surface area contributed by atoms with Gasteiger partial charge in [-0.05, 0) is 24.6 Å². The van der Waals surface area contributed by atoms with Gasteiger partial charge in [0, 0.05) is 51.2 Å². The van der Waals surface area contributed by atoms with E-state index in [1.165, 1.54) is 10.6 Å². The maximum absolute atomic E-state index is 12.6. The number of aliphatic hydroxyl groups excluding tert-OH is 1. The number of aliphatic imine (C=N–C) groups is 1. The summed E-state index contributed by atoms with van der Waals surface area (Å²) in [5, 5.41) is 17.2. The standard InChI is InChI=1S/C18H26N6O4S.HI/c1-2-20-18(21-13-17(25)15-3-6-19-7-4-15)23-8-10-24(11-9-23)29(26,27)14-16-5-12-28-22-16;/h3-7,12,17,25H,2,8-11,13-14H2,1H3,(H,20,21);1H. The van der Waals surface area contributed by atoms with Gasteiger partial charge >= 0.3 is 0 Å². The topological polar surface area (TPSA) is 124 Å².